The van der Waals surface area contributed by atoms with Gasteiger partial charge in [0.25, 0.3) is 0 Å². The highest BCUT2D eigenvalue weighted by Gasteiger charge is 2.67. The summed E-state index contributed by atoms with van der Waals surface area (Å²) in [5, 5.41) is 0. The van der Waals surface area contributed by atoms with Gasteiger partial charge in [-0.25, -0.2) is 0 Å². The Balaban J connectivity index is 2.38. The first-order valence-corrected chi connectivity index (χ1v) is 5.20. The van der Waals surface area contributed by atoms with Gasteiger partial charge in [-0.15, -0.1) is 0 Å². The molecule has 0 bridgehead atoms. The van der Waals surface area contributed by atoms with Gasteiger partial charge in [0, 0.05) is 0 Å². The standard InChI is InChI=1S/C9H10F6O4/c10-8(11,12)5-7(1-16-3-18-5)2-17-4-19-6(7)9(13,14)15/h5-6H,1-4H2. The first-order chi connectivity index (χ1) is 8.68. The number of rotatable bonds is 0. The van der Waals surface area contributed by atoms with Crippen molar-refractivity contribution in [1.29, 1.82) is 0 Å². The van der Waals surface area contributed by atoms with E-state index in [9.17, 15) is 26.3 Å². The molecule has 4 nitrogen and oxygen atoms in total. The SMILES string of the molecule is FC(F)(F)C1OCOCC12COCOC2C(F)(F)F. The molecule has 2 saturated heterocycles. The van der Waals surface area contributed by atoms with E-state index in [0.717, 1.165) is 0 Å². The summed E-state index contributed by atoms with van der Waals surface area (Å²) in [6, 6.07) is 0. The highest BCUT2D eigenvalue weighted by atomic mass is 19.4. The Morgan fingerprint density at radius 3 is 1.42 bits per heavy atom. The molecule has 0 aliphatic carbocycles. The molecule has 10 heteroatoms. The fourth-order valence-electron chi connectivity index (χ4n) is 2.35. The van der Waals surface area contributed by atoms with Crippen molar-refractivity contribution in [2.75, 3.05) is 26.8 Å². The van der Waals surface area contributed by atoms with E-state index in [-0.39, 0.29) is 0 Å². The maximum absolute atomic E-state index is 12.9. The van der Waals surface area contributed by atoms with Crippen molar-refractivity contribution >= 4 is 0 Å². The maximum Gasteiger partial charge on any atom is 0.415 e. The molecule has 112 valence electrons. The Morgan fingerprint density at radius 1 is 0.737 bits per heavy atom. The Hall–Kier alpha value is -0.580. The molecule has 2 heterocycles. The van der Waals surface area contributed by atoms with Crippen LogP contribution in [-0.4, -0.2) is 51.4 Å². The van der Waals surface area contributed by atoms with Crippen LogP contribution >= 0.6 is 0 Å². The summed E-state index contributed by atoms with van der Waals surface area (Å²) in [6.45, 7) is -3.06. The summed E-state index contributed by atoms with van der Waals surface area (Å²) in [5.74, 6) is 0. The minimum Gasteiger partial charge on any atom is -0.355 e. The quantitative estimate of drug-likeness (QED) is 0.639. The van der Waals surface area contributed by atoms with Crippen LogP contribution in [0.1, 0.15) is 0 Å². The summed E-state index contributed by atoms with van der Waals surface area (Å²) >= 11 is 0. The van der Waals surface area contributed by atoms with Crippen molar-refractivity contribution in [3.8, 4) is 0 Å². The van der Waals surface area contributed by atoms with Gasteiger partial charge in [-0.2, -0.15) is 26.3 Å². The lowest BCUT2D eigenvalue weighted by Crippen LogP contribution is -2.66. The second kappa shape index (κ2) is 4.76. The molecule has 2 aliphatic rings. The van der Waals surface area contributed by atoms with Gasteiger partial charge in [-0.3, -0.25) is 0 Å². The molecule has 19 heavy (non-hydrogen) atoms. The van der Waals surface area contributed by atoms with Gasteiger partial charge in [0.2, 0.25) is 0 Å². The predicted octanol–water partition coefficient (Wildman–Crippen LogP) is 1.84. The van der Waals surface area contributed by atoms with Gasteiger partial charge < -0.3 is 18.9 Å². The Labute approximate surface area is 103 Å². The van der Waals surface area contributed by atoms with Gasteiger partial charge >= 0.3 is 12.4 Å². The minimum atomic E-state index is -4.97. The van der Waals surface area contributed by atoms with Crippen molar-refractivity contribution < 1.29 is 45.3 Å². The van der Waals surface area contributed by atoms with Crippen LogP contribution in [0.15, 0.2) is 0 Å². The first-order valence-electron chi connectivity index (χ1n) is 5.20. The third-order valence-corrected chi connectivity index (χ3v) is 3.02. The van der Waals surface area contributed by atoms with Gasteiger partial charge in [0.05, 0.1) is 18.6 Å². The fraction of sp³-hybridized carbons (Fsp3) is 1.00. The van der Waals surface area contributed by atoms with Crippen LogP contribution in [-0.2, 0) is 18.9 Å². The molecule has 0 N–H and O–H groups in total. The first kappa shape index (κ1) is 14.8. The second-order valence-corrected chi connectivity index (χ2v) is 4.34. The minimum absolute atomic E-state index is 0.726. The lowest BCUT2D eigenvalue weighted by molar-refractivity contribution is -0.395. The zero-order chi connectivity index (χ0) is 14.3. The molecule has 0 amide bonds. The van der Waals surface area contributed by atoms with Crippen molar-refractivity contribution in [1.82, 2.24) is 0 Å². The van der Waals surface area contributed by atoms with Crippen LogP contribution in [0.25, 0.3) is 0 Å². The fourth-order valence-corrected chi connectivity index (χ4v) is 2.35. The third kappa shape index (κ3) is 2.67. The van der Waals surface area contributed by atoms with E-state index >= 15 is 0 Å². The normalized spacial score (nSPS) is 37.6. The molecule has 0 radical (unpaired) electrons. The van der Waals surface area contributed by atoms with Gasteiger partial charge in [0.15, 0.2) is 12.2 Å². The number of halogens is 6. The largest absolute Gasteiger partial charge is 0.415 e. The van der Waals surface area contributed by atoms with E-state index in [1.165, 1.54) is 0 Å². The molecule has 0 aromatic rings. The summed E-state index contributed by atoms with van der Waals surface area (Å²) in [6.07, 6.45) is -15.3. The highest BCUT2D eigenvalue weighted by molar-refractivity contribution is 5.02. The zero-order valence-corrected chi connectivity index (χ0v) is 9.38. The van der Waals surface area contributed by atoms with E-state index in [2.05, 4.69) is 18.9 Å². The molecular formula is C9H10F6O4. The van der Waals surface area contributed by atoms with E-state index < -0.39 is 56.8 Å². The third-order valence-electron chi connectivity index (χ3n) is 3.02. The van der Waals surface area contributed by atoms with Crippen LogP contribution < -0.4 is 0 Å². The Morgan fingerprint density at radius 2 is 1.11 bits per heavy atom. The smallest absolute Gasteiger partial charge is 0.355 e. The van der Waals surface area contributed by atoms with Crippen molar-refractivity contribution in [2.45, 2.75) is 24.6 Å². The van der Waals surface area contributed by atoms with Crippen LogP contribution in [0.3, 0.4) is 0 Å². The van der Waals surface area contributed by atoms with Crippen LogP contribution in [0, 0.1) is 5.41 Å². The number of ether oxygens (including phenoxy) is 4. The van der Waals surface area contributed by atoms with Crippen LogP contribution in [0.2, 0.25) is 0 Å². The van der Waals surface area contributed by atoms with Crippen LogP contribution in [0.5, 0.6) is 0 Å². The Bertz CT molecular complexity index is 296. The number of hydrogen-bond acceptors (Lipinski definition) is 4. The van der Waals surface area contributed by atoms with Crippen molar-refractivity contribution in [3.05, 3.63) is 0 Å². The van der Waals surface area contributed by atoms with E-state index in [1.807, 2.05) is 0 Å². The van der Waals surface area contributed by atoms with E-state index in [0.29, 0.717) is 0 Å². The monoisotopic (exact) mass is 296 g/mol. The summed E-state index contributed by atoms with van der Waals surface area (Å²) in [7, 11) is 0. The average Bonchev–Trinajstić information content (AvgIpc) is 2.27. The number of alkyl halides is 6. The lowest BCUT2D eigenvalue weighted by atomic mass is 9.76. The molecule has 2 unspecified atom stereocenters. The molecule has 2 aliphatic heterocycles. The van der Waals surface area contributed by atoms with Gasteiger partial charge in [-0.1, -0.05) is 0 Å². The maximum atomic E-state index is 12.9. The summed E-state index contributed by atoms with van der Waals surface area (Å²) < 4.78 is 95.2. The lowest BCUT2D eigenvalue weighted by Gasteiger charge is -2.49. The van der Waals surface area contributed by atoms with E-state index in [4.69, 9.17) is 0 Å². The molecule has 0 aromatic carbocycles. The second-order valence-electron chi connectivity index (χ2n) is 4.34. The molecule has 0 aromatic heterocycles. The summed E-state index contributed by atoms with van der Waals surface area (Å²) in [4.78, 5) is 0. The molecular weight excluding hydrogens is 286 g/mol. The Kier molecular flexibility index (Phi) is 3.71. The average molecular weight is 296 g/mol. The molecule has 1 spiro atoms. The summed E-state index contributed by atoms with van der Waals surface area (Å²) in [5.41, 5.74) is -2.48. The highest BCUT2D eigenvalue weighted by Crippen LogP contribution is 2.48. The predicted molar refractivity (Wildman–Crippen MR) is 45.9 cm³/mol. The topological polar surface area (TPSA) is 36.9 Å². The molecule has 2 atom stereocenters. The van der Waals surface area contributed by atoms with Gasteiger partial charge in [-0.05, 0) is 0 Å². The van der Waals surface area contributed by atoms with Crippen molar-refractivity contribution in [2.24, 2.45) is 5.41 Å². The molecule has 0 saturated carbocycles. The molecule has 2 rings (SSSR count). The number of hydrogen-bond donors (Lipinski definition) is 0. The molecule has 2 fully saturated rings. The van der Waals surface area contributed by atoms with Gasteiger partial charge in [0.1, 0.15) is 13.6 Å². The van der Waals surface area contributed by atoms with Crippen molar-refractivity contribution in [3.63, 3.8) is 0 Å². The van der Waals surface area contributed by atoms with E-state index in [1.54, 1.807) is 0 Å². The van der Waals surface area contributed by atoms with Crippen LogP contribution in [0.4, 0.5) is 26.3 Å². The zero-order valence-electron chi connectivity index (χ0n) is 9.38.